The largest absolute Gasteiger partial charge is 0.481 e. The molecule has 0 aliphatic heterocycles. The minimum atomic E-state index is -0.761. The Morgan fingerprint density at radius 1 is 1.47 bits per heavy atom. The van der Waals surface area contributed by atoms with Crippen molar-refractivity contribution in [3.63, 3.8) is 0 Å². The van der Waals surface area contributed by atoms with E-state index in [0.29, 0.717) is 18.7 Å². The van der Waals surface area contributed by atoms with Crippen LogP contribution < -0.4 is 5.32 Å². The van der Waals surface area contributed by atoms with Crippen LogP contribution in [-0.4, -0.2) is 23.5 Å². The summed E-state index contributed by atoms with van der Waals surface area (Å²) in [5.74, 6) is -0.664. The van der Waals surface area contributed by atoms with Crippen LogP contribution in [-0.2, 0) is 9.59 Å². The lowest BCUT2D eigenvalue weighted by atomic mass is 9.96. The molecule has 0 radical (unpaired) electrons. The van der Waals surface area contributed by atoms with E-state index in [9.17, 15) is 9.59 Å². The van der Waals surface area contributed by atoms with Gasteiger partial charge in [0, 0.05) is 12.6 Å². The molecule has 0 aromatic carbocycles. The summed E-state index contributed by atoms with van der Waals surface area (Å²) in [4.78, 5) is 22.6. The third-order valence-corrected chi connectivity index (χ3v) is 3.46. The first-order chi connectivity index (χ1) is 9.16. The van der Waals surface area contributed by atoms with E-state index in [0.717, 1.165) is 12.8 Å². The zero-order valence-electron chi connectivity index (χ0n) is 10.5. The van der Waals surface area contributed by atoms with Gasteiger partial charge >= 0.3 is 5.97 Å². The van der Waals surface area contributed by atoms with Gasteiger partial charge < -0.3 is 14.8 Å². The van der Waals surface area contributed by atoms with Crippen LogP contribution in [0.15, 0.2) is 28.9 Å². The van der Waals surface area contributed by atoms with Crippen LogP contribution in [0.1, 0.15) is 25.0 Å². The van der Waals surface area contributed by atoms with Gasteiger partial charge in [-0.3, -0.25) is 9.59 Å². The Labute approximate surface area is 111 Å². The average molecular weight is 263 g/mol. The fraction of sp³-hybridized carbons (Fsp3) is 0.429. The van der Waals surface area contributed by atoms with Crippen molar-refractivity contribution in [3.05, 3.63) is 30.2 Å². The van der Waals surface area contributed by atoms with Crippen LogP contribution in [0.2, 0.25) is 0 Å². The minimum Gasteiger partial charge on any atom is -0.481 e. The molecular weight excluding hydrogens is 246 g/mol. The molecular formula is C14H17NO4. The molecule has 0 bridgehead atoms. The molecule has 1 aromatic heterocycles. The number of nitrogens with one attached hydrogen (secondary N) is 1. The number of carbonyl (C=O) groups is 2. The van der Waals surface area contributed by atoms with Crippen LogP contribution >= 0.6 is 0 Å². The topological polar surface area (TPSA) is 79.5 Å². The highest BCUT2D eigenvalue weighted by molar-refractivity contribution is 5.91. The Morgan fingerprint density at radius 3 is 3.00 bits per heavy atom. The molecule has 2 atom stereocenters. The van der Waals surface area contributed by atoms with Crippen molar-refractivity contribution in [1.29, 1.82) is 0 Å². The predicted molar refractivity (Wildman–Crippen MR) is 69.2 cm³/mol. The van der Waals surface area contributed by atoms with E-state index in [1.807, 2.05) is 0 Å². The number of hydrogen-bond donors (Lipinski definition) is 2. The van der Waals surface area contributed by atoms with E-state index in [1.54, 1.807) is 18.2 Å². The fourth-order valence-corrected chi connectivity index (χ4v) is 2.44. The number of carboxylic acid groups (broad SMARTS) is 1. The molecule has 19 heavy (non-hydrogen) atoms. The molecule has 1 aliphatic carbocycles. The molecule has 0 spiro atoms. The van der Waals surface area contributed by atoms with Gasteiger partial charge in [-0.05, 0) is 37.0 Å². The van der Waals surface area contributed by atoms with Crippen LogP contribution in [0.4, 0.5) is 0 Å². The molecule has 102 valence electrons. The molecule has 2 rings (SSSR count). The van der Waals surface area contributed by atoms with Gasteiger partial charge in [0.1, 0.15) is 5.76 Å². The SMILES string of the molecule is O=C(C=Cc1ccco1)NCC1CCCC1C(=O)O. The summed E-state index contributed by atoms with van der Waals surface area (Å²) in [6, 6.07) is 3.49. The van der Waals surface area contributed by atoms with Crippen LogP contribution in [0, 0.1) is 11.8 Å². The van der Waals surface area contributed by atoms with Crippen LogP contribution in [0.25, 0.3) is 6.08 Å². The summed E-state index contributed by atoms with van der Waals surface area (Å²) < 4.78 is 5.07. The minimum absolute atomic E-state index is 0.0402. The normalized spacial score (nSPS) is 22.7. The number of rotatable bonds is 5. The van der Waals surface area contributed by atoms with Gasteiger partial charge in [0.15, 0.2) is 0 Å². The van der Waals surface area contributed by atoms with Crippen molar-refractivity contribution >= 4 is 18.0 Å². The van der Waals surface area contributed by atoms with Gasteiger partial charge in [-0.2, -0.15) is 0 Å². The number of carboxylic acids is 1. The molecule has 1 heterocycles. The Kier molecular flexibility index (Phi) is 4.39. The summed E-state index contributed by atoms with van der Waals surface area (Å²) in [6.07, 6.45) is 6.99. The van der Waals surface area contributed by atoms with Crippen molar-refractivity contribution in [1.82, 2.24) is 5.32 Å². The summed E-state index contributed by atoms with van der Waals surface area (Å²) in [6.45, 7) is 0.415. The predicted octanol–water partition coefficient (Wildman–Crippen LogP) is 1.91. The second-order valence-electron chi connectivity index (χ2n) is 4.73. The van der Waals surface area contributed by atoms with Crippen molar-refractivity contribution in [2.24, 2.45) is 11.8 Å². The number of hydrogen-bond acceptors (Lipinski definition) is 3. The molecule has 5 nitrogen and oxygen atoms in total. The van der Waals surface area contributed by atoms with Gasteiger partial charge in [-0.15, -0.1) is 0 Å². The molecule has 2 N–H and O–H groups in total. The molecule has 1 amide bonds. The van der Waals surface area contributed by atoms with E-state index >= 15 is 0 Å². The number of carbonyl (C=O) groups excluding carboxylic acids is 1. The van der Waals surface area contributed by atoms with Crippen LogP contribution in [0.5, 0.6) is 0 Å². The van der Waals surface area contributed by atoms with E-state index in [4.69, 9.17) is 9.52 Å². The van der Waals surface area contributed by atoms with Crippen molar-refractivity contribution in [2.75, 3.05) is 6.54 Å². The zero-order valence-corrected chi connectivity index (χ0v) is 10.5. The Hall–Kier alpha value is -2.04. The number of aliphatic carboxylic acids is 1. The zero-order chi connectivity index (χ0) is 13.7. The van der Waals surface area contributed by atoms with E-state index in [-0.39, 0.29) is 17.7 Å². The molecule has 1 fully saturated rings. The maximum atomic E-state index is 11.6. The molecule has 1 aromatic rings. The molecule has 0 saturated heterocycles. The highest BCUT2D eigenvalue weighted by atomic mass is 16.4. The summed E-state index contributed by atoms with van der Waals surface area (Å²) in [5, 5.41) is 11.8. The lowest BCUT2D eigenvalue weighted by Gasteiger charge is -2.15. The monoisotopic (exact) mass is 263 g/mol. The number of amides is 1. The van der Waals surface area contributed by atoms with Gasteiger partial charge in [0.2, 0.25) is 5.91 Å². The van der Waals surface area contributed by atoms with Gasteiger partial charge in [0.05, 0.1) is 12.2 Å². The van der Waals surface area contributed by atoms with Crippen molar-refractivity contribution in [2.45, 2.75) is 19.3 Å². The maximum absolute atomic E-state index is 11.6. The van der Waals surface area contributed by atoms with Gasteiger partial charge in [-0.25, -0.2) is 0 Å². The summed E-state index contributed by atoms with van der Waals surface area (Å²) >= 11 is 0. The van der Waals surface area contributed by atoms with Gasteiger partial charge in [0.25, 0.3) is 0 Å². The second-order valence-corrected chi connectivity index (χ2v) is 4.73. The average Bonchev–Trinajstić information content (AvgIpc) is 3.04. The van der Waals surface area contributed by atoms with Crippen molar-refractivity contribution in [3.8, 4) is 0 Å². The summed E-state index contributed by atoms with van der Waals surface area (Å²) in [5.41, 5.74) is 0. The lowest BCUT2D eigenvalue weighted by Crippen LogP contribution is -2.32. The van der Waals surface area contributed by atoms with E-state index < -0.39 is 5.97 Å². The van der Waals surface area contributed by atoms with E-state index in [1.165, 1.54) is 12.3 Å². The van der Waals surface area contributed by atoms with Gasteiger partial charge in [-0.1, -0.05) is 6.42 Å². The summed E-state index contributed by atoms with van der Waals surface area (Å²) in [7, 11) is 0. The Bertz CT molecular complexity index is 464. The third-order valence-electron chi connectivity index (χ3n) is 3.46. The quantitative estimate of drug-likeness (QED) is 0.795. The molecule has 2 unspecified atom stereocenters. The van der Waals surface area contributed by atoms with Crippen molar-refractivity contribution < 1.29 is 19.1 Å². The lowest BCUT2D eigenvalue weighted by molar-refractivity contribution is -0.143. The molecule has 1 saturated carbocycles. The smallest absolute Gasteiger partial charge is 0.306 e. The van der Waals surface area contributed by atoms with E-state index in [2.05, 4.69) is 5.32 Å². The fourth-order valence-electron chi connectivity index (χ4n) is 2.44. The third kappa shape index (κ3) is 3.71. The standard InChI is InChI=1S/C14H17NO4/c16-13(7-6-11-4-2-8-19-11)15-9-10-3-1-5-12(10)14(17)18/h2,4,6-8,10,12H,1,3,5,9H2,(H,15,16)(H,17,18). The first-order valence-corrected chi connectivity index (χ1v) is 6.39. The highest BCUT2D eigenvalue weighted by Crippen LogP contribution is 2.31. The number of furan rings is 1. The second kappa shape index (κ2) is 6.22. The molecule has 1 aliphatic rings. The Balaban J connectivity index is 1.79. The first kappa shape index (κ1) is 13.4. The highest BCUT2D eigenvalue weighted by Gasteiger charge is 2.32. The van der Waals surface area contributed by atoms with Crippen LogP contribution in [0.3, 0.4) is 0 Å². The Morgan fingerprint density at radius 2 is 2.32 bits per heavy atom. The molecule has 5 heteroatoms. The maximum Gasteiger partial charge on any atom is 0.306 e. The first-order valence-electron chi connectivity index (χ1n) is 6.39.